The highest BCUT2D eigenvalue weighted by atomic mass is 16.6. The van der Waals surface area contributed by atoms with Crippen LogP contribution in [0.2, 0.25) is 0 Å². The number of esters is 1. The molecule has 1 atom stereocenters. The summed E-state index contributed by atoms with van der Waals surface area (Å²) >= 11 is 0. The fourth-order valence-corrected chi connectivity index (χ4v) is 3.61. The van der Waals surface area contributed by atoms with Gasteiger partial charge in [0.05, 0.1) is 23.9 Å². The summed E-state index contributed by atoms with van der Waals surface area (Å²) in [6.45, 7) is 12.5. The van der Waals surface area contributed by atoms with E-state index in [0.29, 0.717) is 5.82 Å². The van der Waals surface area contributed by atoms with E-state index in [-0.39, 0.29) is 18.3 Å². The highest BCUT2D eigenvalue weighted by Gasteiger charge is 2.33. The molecule has 0 spiro atoms. The first-order valence-electron chi connectivity index (χ1n) is 10.9. The summed E-state index contributed by atoms with van der Waals surface area (Å²) < 4.78 is 7.84. The highest BCUT2D eigenvalue weighted by Crippen LogP contribution is 2.39. The molecule has 0 aliphatic rings. The van der Waals surface area contributed by atoms with Crippen molar-refractivity contribution in [2.24, 2.45) is 5.41 Å². The van der Waals surface area contributed by atoms with E-state index >= 15 is 0 Å². The van der Waals surface area contributed by atoms with Crippen molar-refractivity contribution in [3.05, 3.63) is 54.1 Å². The number of fused-ring (bicyclic) bond motifs is 1. The highest BCUT2D eigenvalue weighted by molar-refractivity contribution is 5.81. The first kappa shape index (κ1) is 23.5. The first-order valence-corrected chi connectivity index (χ1v) is 10.9. The van der Waals surface area contributed by atoms with Crippen LogP contribution in [0.1, 0.15) is 66.2 Å². The molecular formula is C26H32N2O4. The van der Waals surface area contributed by atoms with E-state index in [0.717, 1.165) is 16.6 Å². The van der Waals surface area contributed by atoms with Gasteiger partial charge in [-0.05, 0) is 23.1 Å². The third-order valence-corrected chi connectivity index (χ3v) is 5.37. The summed E-state index contributed by atoms with van der Waals surface area (Å²) in [5.41, 5.74) is 3.38. The van der Waals surface area contributed by atoms with E-state index < -0.39 is 23.6 Å². The van der Waals surface area contributed by atoms with Gasteiger partial charge in [-0.25, -0.2) is 4.98 Å². The van der Waals surface area contributed by atoms with E-state index in [1.807, 2.05) is 61.7 Å². The zero-order valence-corrected chi connectivity index (χ0v) is 19.7. The van der Waals surface area contributed by atoms with Gasteiger partial charge in [-0.3, -0.25) is 14.2 Å². The van der Waals surface area contributed by atoms with Gasteiger partial charge in [0, 0.05) is 11.0 Å². The van der Waals surface area contributed by atoms with Crippen LogP contribution < -0.4 is 0 Å². The number of carbonyl (C=O) groups excluding carboxylic acids is 1. The third-order valence-electron chi connectivity index (χ3n) is 5.37. The molecule has 3 aromatic rings. The molecule has 1 aromatic heterocycles. The Bertz CT molecular complexity index is 1120. The molecule has 2 aromatic carbocycles. The van der Waals surface area contributed by atoms with Crippen molar-refractivity contribution in [2.75, 3.05) is 0 Å². The van der Waals surface area contributed by atoms with Gasteiger partial charge in [0.25, 0.3) is 0 Å². The molecule has 0 bridgehead atoms. The Labute approximate surface area is 189 Å². The molecule has 32 heavy (non-hydrogen) atoms. The van der Waals surface area contributed by atoms with Crippen LogP contribution in [0.3, 0.4) is 0 Å². The number of carbonyl (C=O) groups is 2. The third kappa shape index (κ3) is 5.18. The van der Waals surface area contributed by atoms with Gasteiger partial charge >= 0.3 is 11.9 Å². The number of benzene rings is 2. The molecule has 0 saturated carbocycles. The molecule has 0 fully saturated rings. The molecular weight excluding hydrogens is 404 g/mol. The fourth-order valence-electron chi connectivity index (χ4n) is 3.61. The Morgan fingerprint density at radius 2 is 1.59 bits per heavy atom. The number of aliphatic carboxylic acids is 1. The number of aromatic nitrogens is 2. The van der Waals surface area contributed by atoms with Crippen molar-refractivity contribution in [3.63, 3.8) is 0 Å². The lowest BCUT2D eigenvalue weighted by Crippen LogP contribution is -2.30. The zero-order valence-electron chi connectivity index (χ0n) is 19.7. The molecule has 0 aliphatic carbocycles. The van der Waals surface area contributed by atoms with Crippen LogP contribution in [0.4, 0.5) is 0 Å². The standard InChI is InChI=1S/C26H32N2O4/c1-25(2,3)18-13-11-17(12-14-18)23-27-19-9-7-8-10-20(19)28(23)24(26(4,5)6)32-22(31)16-15-21(29)30/h7-14,24H,15-16H2,1-6H3,(H,29,30). The molecule has 6 heteroatoms. The SMILES string of the molecule is CC(C)(C)c1ccc(-c2nc3ccccc3n2C(OC(=O)CCC(=O)O)C(C)(C)C)cc1. The second-order valence-corrected chi connectivity index (χ2v) is 10.2. The molecule has 3 rings (SSSR count). The molecule has 170 valence electrons. The van der Waals surface area contributed by atoms with E-state index in [2.05, 4.69) is 32.9 Å². The van der Waals surface area contributed by atoms with E-state index in [1.165, 1.54) is 5.56 Å². The summed E-state index contributed by atoms with van der Waals surface area (Å²) in [7, 11) is 0. The van der Waals surface area contributed by atoms with Crippen LogP contribution in [-0.4, -0.2) is 26.6 Å². The molecule has 0 radical (unpaired) electrons. The van der Waals surface area contributed by atoms with Gasteiger partial charge < -0.3 is 9.84 Å². The van der Waals surface area contributed by atoms with Crippen LogP contribution in [0.15, 0.2) is 48.5 Å². The van der Waals surface area contributed by atoms with Crippen molar-refractivity contribution in [1.82, 2.24) is 9.55 Å². The van der Waals surface area contributed by atoms with E-state index in [1.54, 1.807) is 0 Å². The summed E-state index contributed by atoms with van der Waals surface area (Å²) in [4.78, 5) is 28.3. The minimum atomic E-state index is -1.03. The number of hydrogen-bond acceptors (Lipinski definition) is 4. The lowest BCUT2D eigenvalue weighted by molar-refractivity contribution is -0.163. The maximum absolute atomic E-state index is 12.5. The van der Waals surface area contributed by atoms with Crippen LogP contribution in [0, 0.1) is 5.41 Å². The predicted molar refractivity (Wildman–Crippen MR) is 125 cm³/mol. The number of nitrogens with zero attached hydrogens (tertiary/aromatic N) is 2. The smallest absolute Gasteiger partial charge is 0.308 e. The number of rotatable bonds is 6. The minimum Gasteiger partial charge on any atom is -0.481 e. The predicted octanol–water partition coefficient (Wildman–Crippen LogP) is 5.95. The largest absolute Gasteiger partial charge is 0.481 e. The number of hydrogen-bond donors (Lipinski definition) is 1. The number of carboxylic acids is 1. The van der Waals surface area contributed by atoms with E-state index in [4.69, 9.17) is 14.8 Å². The summed E-state index contributed by atoms with van der Waals surface area (Å²) in [6, 6.07) is 16.0. The second-order valence-electron chi connectivity index (χ2n) is 10.2. The normalized spacial score (nSPS) is 13.2. The molecule has 6 nitrogen and oxygen atoms in total. The molecule has 1 unspecified atom stereocenters. The van der Waals surface area contributed by atoms with Crippen LogP contribution in [-0.2, 0) is 19.7 Å². The maximum Gasteiger partial charge on any atom is 0.308 e. The minimum absolute atomic E-state index is 0.0340. The molecule has 0 amide bonds. The Hall–Kier alpha value is -3.15. The first-order chi connectivity index (χ1) is 14.9. The second kappa shape index (κ2) is 8.77. The number of carboxylic acid groups (broad SMARTS) is 1. The maximum atomic E-state index is 12.5. The van der Waals surface area contributed by atoms with E-state index in [9.17, 15) is 9.59 Å². The Morgan fingerprint density at radius 1 is 0.969 bits per heavy atom. The molecule has 1 heterocycles. The van der Waals surface area contributed by atoms with Crippen molar-refractivity contribution in [3.8, 4) is 11.4 Å². The Kier molecular flexibility index (Phi) is 6.44. The lowest BCUT2D eigenvalue weighted by Gasteiger charge is -2.33. The summed E-state index contributed by atoms with van der Waals surface area (Å²) in [5.74, 6) is -0.862. The van der Waals surface area contributed by atoms with Gasteiger partial charge in [0.15, 0.2) is 6.23 Å². The average Bonchev–Trinajstić information content (AvgIpc) is 3.08. The van der Waals surface area contributed by atoms with Crippen LogP contribution >= 0.6 is 0 Å². The quantitative estimate of drug-likeness (QED) is 0.483. The van der Waals surface area contributed by atoms with Gasteiger partial charge in [-0.1, -0.05) is 77.9 Å². The average molecular weight is 437 g/mol. The van der Waals surface area contributed by atoms with Crippen molar-refractivity contribution in [2.45, 2.75) is 66.0 Å². The van der Waals surface area contributed by atoms with Gasteiger partial charge in [0.1, 0.15) is 5.82 Å². The van der Waals surface area contributed by atoms with Crippen molar-refractivity contribution < 1.29 is 19.4 Å². The molecule has 0 aliphatic heterocycles. The Morgan fingerprint density at radius 3 is 2.16 bits per heavy atom. The van der Waals surface area contributed by atoms with Crippen molar-refractivity contribution >= 4 is 23.0 Å². The number of imidazole rings is 1. The number of ether oxygens (including phenoxy) is 1. The molecule has 1 N–H and O–H groups in total. The van der Waals surface area contributed by atoms with Gasteiger partial charge in [-0.2, -0.15) is 0 Å². The van der Waals surface area contributed by atoms with Gasteiger partial charge in [-0.15, -0.1) is 0 Å². The number of para-hydroxylation sites is 2. The van der Waals surface area contributed by atoms with Gasteiger partial charge in [0.2, 0.25) is 0 Å². The molecule has 0 saturated heterocycles. The summed E-state index contributed by atoms with van der Waals surface area (Å²) in [6.07, 6.45) is -1.10. The fraction of sp³-hybridized carbons (Fsp3) is 0.423. The van der Waals surface area contributed by atoms with Crippen LogP contribution in [0.25, 0.3) is 22.4 Å². The Balaban J connectivity index is 2.12. The monoisotopic (exact) mass is 436 g/mol. The van der Waals surface area contributed by atoms with Crippen LogP contribution in [0.5, 0.6) is 0 Å². The topological polar surface area (TPSA) is 81.4 Å². The van der Waals surface area contributed by atoms with Crippen molar-refractivity contribution in [1.29, 1.82) is 0 Å². The summed E-state index contributed by atoms with van der Waals surface area (Å²) in [5, 5.41) is 8.93. The zero-order chi connectivity index (χ0) is 23.7. The lowest BCUT2D eigenvalue weighted by atomic mass is 9.86.